The van der Waals surface area contributed by atoms with Crippen molar-refractivity contribution in [1.29, 1.82) is 0 Å². The van der Waals surface area contributed by atoms with Crippen LogP contribution in [0.5, 0.6) is 0 Å². The minimum atomic E-state index is 0.742. The molecule has 1 aliphatic rings. The van der Waals surface area contributed by atoms with E-state index in [0.29, 0.717) is 0 Å². The monoisotopic (exact) mass is 365 g/mol. The van der Waals surface area contributed by atoms with Crippen molar-refractivity contribution in [2.24, 2.45) is 5.10 Å². The number of hydrogen-bond acceptors (Lipinski definition) is 7. The third kappa shape index (κ3) is 3.89. The molecule has 1 N–H and O–H groups in total. The smallest absolute Gasteiger partial charge is 0.186 e. The Bertz CT molecular complexity index is 860. The highest BCUT2D eigenvalue weighted by Gasteiger charge is 2.18. The number of nitrogens with zero attached hydrogens (tertiary/aromatic N) is 4. The van der Waals surface area contributed by atoms with Crippen molar-refractivity contribution in [3.63, 3.8) is 0 Å². The van der Waals surface area contributed by atoms with E-state index in [1.807, 2.05) is 36.5 Å². The summed E-state index contributed by atoms with van der Waals surface area (Å²) >= 11 is 1.65. The third-order valence-electron chi connectivity index (χ3n) is 4.01. The number of hydrogen-bond donors (Lipinski definition) is 1. The van der Waals surface area contributed by atoms with Gasteiger partial charge in [0.1, 0.15) is 0 Å². The summed E-state index contributed by atoms with van der Waals surface area (Å²) < 4.78 is 5.45. The molecule has 0 unspecified atom stereocenters. The SMILES string of the molecule is C(=N\Nc1cccnc1)/c1sc(N2CCOCC2)nc1-c1ccccc1. The van der Waals surface area contributed by atoms with Gasteiger partial charge in [0.25, 0.3) is 0 Å². The fraction of sp³-hybridized carbons (Fsp3) is 0.211. The van der Waals surface area contributed by atoms with Crippen LogP contribution in [0.3, 0.4) is 0 Å². The summed E-state index contributed by atoms with van der Waals surface area (Å²) in [5.74, 6) is 0. The molecule has 4 rings (SSSR count). The Morgan fingerprint density at radius 2 is 1.96 bits per heavy atom. The third-order valence-corrected chi connectivity index (χ3v) is 5.06. The van der Waals surface area contributed by atoms with Gasteiger partial charge in [-0.05, 0) is 12.1 Å². The van der Waals surface area contributed by atoms with E-state index in [2.05, 4.69) is 32.5 Å². The predicted molar refractivity (Wildman–Crippen MR) is 106 cm³/mol. The second kappa shape index (κ2) is 8.07. The quantitative estimate of drug-likeness (QED) is 0.554. The van der Waals surface area contributed by atoms with Crippen LogP contribution in [-0.4, -0.2) is 42.5 Å². The number of thiazole rings is 1. The molecule has 1 fully saturated rings. The molecule has 6 nitrogen and oxygen atoms in total. The molecule has 0 amide bonds. The minimum Gasteiger partial charge on any atom is -0.378 e. The molecular weight excluding hydrogens is 346 g/mol. The molecule has 7 heteroatoms. The van der Waals surface area contributed by atoms with Gasteiger partial charge < -0.3 is 9.64 Å². The molecule has 0 spiro atoms. The first kappa shape index (κ1) is 16.7. The van der Waals surface area contributed by atoms with E-state index in [1.54, 1.807) is 23.7 Å². The topological polar surface area (TPSA) is 62.6 Å². The maximum Gasteiger partial charge on any atom is 0.186 e. The van der Waals surface area contributed by atoms with Gasteiger partial charge in [-0.15, -0.1) is 0 Å². The van der Waals surface area contributed by atoms with Crippen LogP contribution >= 0.6 is 11.3 Å². The Labute approximate surface area is 156 Å². The summed E-state index contributed by atoms with van der Waals surface area (Å²) in [5.41, 5.74) is 5.90. The van der Waals surface area contributed by atoms with E-state index >= 15 is 0 Å². The second-order valence-corrected chi connectivity index (χ2v) is 6.80. The number of benzene rings is 1. The van der Waals surface area contributed by atoms with Crippen LogP contribution < -0.4 is 10.3 Å². The Kier molecular flexibility index (Phi) is 5.18. The minimum absolute atomic E-state index is 0.742. The summed E-state index contributed by atoms with van der Waals surface area (Å²) in [6.07, 6.45) is 5.30. The molecule has 1 saturated heterocycles. The van der Waals surface area contributed by atoms with E-state index in [0.717, 1.165) is 53.3 Å². The molecule has 3 heterocycles. The molecule has 0 radical (unpaired) electrons. The van der Waals surface area contributed by atoms with Crippen LogP contribution in [0.15, 0.2) is 60.0 Å². The lowest BCUT2D eigenvalue weighted by Crippen LogP contribution is -2.36. The van der Waals surface area contributed by atoms with Crippen molar-refractivity contribution in [3.8, 4) is 11.3 Å². The van der Waals surface area contributed by atoms with Crippen molar-refractivity contribution in [2.45, 2.75) is 0 Å². The van der Waals surface area contributed by atoms with Crippen molar-refractivity contribution in [2.75, 3.05) is 36.6 Å². The molecule has 0 bridgehead atoms. The highest BCUT2D eigenvalue weighted by Crippen LogP contribution is 2.32. The number of nitrogens with one attached hydrogen (secondary N) is 1. The van der Waals surface area contributed by atoms with Gasteiger partial charge in [-0.3, -0.25) is 10.4 Å². The zero-order valence-electron chi connectivity index (χ0n) is 14.2. The number of anilines is 2. The lowest BCUT2D eigenvalue weighted by atomic mass is 10.1. The molecule has 132 valence electrons. The first-order valence-electron chi connectivity index (χ1n) is 8.48. The van der Waals surface area contributed by atoms with Gasteiger partial charge in [0.15, 0.2) is 5.13 Å². The number of rotatable bonds is 5. The highest BCUT2D eigenvalue weighted by molar-refractivity contribution is 7.17. The van der Waals surface area contributed by atoms with E-state index < -0.39 is 0 Å². The van der Waals surface area contributed by atoms with E-state index in [1.165, 1.54) is 0 Å². The molecular formula is C19H19N5OS. The van der Waals surface area contributed by atoms with Crippen molar-refractivity contribution in [1.82, 2.24) is 9.97 Å². The largest absolute Gasteiger partial charge is 0.378 e. The Hall–Kier alpha value is -2.77. The lowest BCUT2D eigenvalue weighted by molar-refractivity contribution is 0.122. The Morgan fingerprint density at radius 1 is 1.12 bits per heavy atom. The average molecular weight is 365 g/mol. The molecule has 26 heavy (non-hydrogen) atoms. The summed E-state index contributed by atoms with van der Waals surface area (Å²) in [6, 6.07) is 14.0. The zero-order valence-corrected chi connectivity index (χ0v) is 15.0. The Morgan fingerprint density at radius 3 is 2.73 bits per heavy atom. The van der Waals surface area contributed by atoms with Gasteiger partial charge >= 0.3 is 0 Å². The molecule has 1 aliphatic heterocycles. The maximum atomic E-state index is 5.45. The number of ether oxygens (including phenoxy) is 1. The molecule has 0 atom stereocenters. The Balaban J connectivity index is 1.61. The zero-order chi connectivity index (χ0) is 17.6. The predicted octanol–water partition coefficient (Wildman–Crippen LogP) is 3.49. The van der Waals surface area contributed by atoms with Crippen LogP contribution in [0.1, 0.15) is 4.88 Å². The summed E-state index contributed by atoms with van der Waals surface area (Å²) in [7, 11) is 0. The average Bonchev–Trinajstić information content (AvgIpc) is 3.14. The number of morpholine rings is 1. The maximum absolute atomic E-state index is 5.45. The molecule has 1 aromatic carbocycles. The summed E-state index contributed by atoms with van der Waals surface area (Å²) in [5, 5.41) is 5.38. The second-order valence-electron chi connectivity index (χ2n) is 5.79. The van der Waals surface area contributed by atoms with Gasteiger partial charge in [0.05, 0.1) is 41.9 Å². The van der Waals surface area contributed by atoms with Gasteiger partial charge in [0.2, 0.25) is 0 Å². The standard InChI is InChI=1S/C19H19N5OS/c1-2-5-15(6-3-1)18-17(14-21-23-16-7-4-8-20-13-16)26-19(22-18)24-9-11-25-12-10-24/h1-8,13-14,23H,9-12H2/b21-14+. The lowest BCUT2D eigenvalue weighted by Gasteiger charge is -2.26. The highest BCUT2D eigenvalue weighted by atomic mass is 32.1. The first-order valence-corrected chi connectivity index (χ1v) is 9.30. The molecule has 3 aromatic rings. The molecule has 2 aromatic heterocycles. The summed E-state index contributed by atoms with van der Waals surface area (Å²) in [4.78, 5) is 12.3. The van der Waals surface area contributed by atoms with Gasteiger partial charge in [-0.2, -0.15) is 5.10 Å². The number of pyridine rings is 1. The van der Waals surface area contributed by atoms with Crippen molar-refractivity contribution in [3.05, 3.63) is 59.7 Å². The van der Waals surface area contributed by atoms with Gasteiger partial charge in [0, 0.05) is 24.8 Å². The molecule has 0 saturated carbocycles. The summed E-state index contributed by atoms with van der Waals surface area (Å²) in [6.45, 7) is 3.22. The number of aromatic nitrogens is 2. The normalized spacial score (nSPS) is 14.7. The van der Waals surface area contributed by atoms with Crippen LogP contribution in [0.25, 0.3) is 11.3 Å². The van der Waals surface area contributed by atoms with Crippen molar-refractivity contribution < 1.29 is 4.74 Å². The van der Waals surface area contributed by atoms with Gasteiger partial charge in [-0.25, -0.2) is 4.98 Å². The first-order chi connectivity index (χ1) is 12.9. The van der Waals surface area contributed by atoms with Crippen LogP contribution in [0.2, 0.25) is 0 Å². The van der Waals surface area contributed by atoms with E-state index in [9.17, 15) is 0 Å². The molecule has 0 aliphatic carbocycles. The van der Waals surface area contributed by atoms with Crippen molar-refractivity contribution >= 4 is 28.4 Å². The van der Waals surface area contributed by atoms with Crippen LogP contribution in [0.4, 0.5) is 10.8 Å². The van der Waals surface area contributed by atoms with Crippen LogP contribution in [-0.2, 0) is 4.74 Å². The van der Waals surface area contributed by atoms with Gasteiger partial charge in [-0.1, -0.05) is 41.7 Å². The fourth-order valence-electron chi connectivity index (χ4n) is 2.69. The van der Waals surface area contributed by atoms with E-state index in [4.69, 9.17) is 9.72 Å². The fourth-order valence-corrected chi connectivity index (χ4v) is 3.71. The van der Waals surface area contributed by atoms with E-state index in [-0.39, 0.29) is 0 Å². The van der Waals surface area contributed by atoms with Crippen LogP contribution in [0, 0.1) is 0 Å². The number of hydrazone groups is 1.